The Morgan fingerprint density at radius 1 is 1.37 bits per heavy atom. The minimum absolute atomic E-state index is 0.602. The van der Waals surface area contributed by atoms with Crippen molar-refractivity contribution in [2.45, 2.75) is 44.7 Å². The van der Waals surface area contributed by atoms with Gasteiger partial charge in [-0.05, 0) is 34.8 Å². The molecule has 3 nitrogen and oxygen atoms in total. The van der Waals surface area contributed by atoms with Crippen molar-refractivity contribution < 1.29 is 0 Å². The van der Waals surface area contributed by atoms with Gasteiger partial charge in [-0.1, -0.05) is 19.3 Å². The smallest absolute Gasteiger partial charge is 0.203 e. The number of halogens is 1. The molecule has 3 rings (SSSR count). The number of thiophene rings is 1. The Balaban J connectivity index is 1.67. The normalized spacial score (nSPS) is 16.7. The highest BCUT2D eigenvalue weighted by Gasteiger charge is 2.15. The number of nitrogens with one attached hydrogen (secondary N) is 1. The van der Waals surface area contributed by atoms with Gasteiger partial charge in [0.05, 0.1) is 6.54 Å². The highest BCUT2D eigenvalue weighted by molar-refractivity contribution is 9.10. The minimum atomic E-state index is 0.602. The van der Waals surface area contributed by atoms with Gasteiger partial charge in [-0.15, -0.1) is 11.3 Å². The summed E-state index contributed by atoms with van der Waals surface area (Å²) in [7, 11) is 0. The zero-order valence-corrected chi connectivity index (χ0v) is 13.2. The van der Waals surface area contributed by atoms with Crippen LogP contribution in [-0.2, 0) is 6.54 Å². The van der Waals surface area contributed by atoms with Crippen molar-refractivity contribution in [3.8, 4) is 0 Å². The highest BCUT2D eigenvalue weighted by atomic mass is 79.9. The molecule has 1 N–H and O–H groups in total. The fraction of sp³-hybridized carbons (Fsp3) is 0.500. The van der Waals surface area contributed by atoms with Gasteiger partial charge in [0, 0.05) is 33.2 Å². The van der Waals surface area contributed by atoms with E-state index in [4.69, 9.17) is 0 Å². The highest BCUT2D eigenvalue weighted by Crippen LogP contribution is 2.23. The molecule has 0 spiro atoms. The van der Waals surface area contributed by atoms with Gasteiger partial charge in [0.1, 0.15) is 0 Å². The molecule has 0 radical (unpaired) electrons. The molecule has 0 aliphatic heterocycles. The Hall–Kier alpha value is -0.810. The second-order valence-corrected chi connectivity index (χ2v) is 7.00. The molecule has 2 aromatic rings. The van der Waals surface area contributed by atoms with Crippen LogP contribution in [0.4, 0.5) is 5.95 Å². The van der Waals surface area contributed by atoms with Gasteiger partial charge in [0.25, 0.3) is 0 Å². The van der Waals surface area contributed by atoms with E-state index in [2.05, 4.69) is 48.4 Å². The second kappa shape index (κ2) is 6.09. The van der Waals surface area contributed by atoms with Crippen LogP contribution in [0.3, 0.4) is 0 Å². The average molecular weight is 340 g/mol. The van der Waals surface area contributed by atoms with E-state index in [1.807, 2.05) is 6.20 Å². The predicted molar refractivity (Wildman–Crippen MR) is 83.8 cm³/mol. The first-order valence-electron chi connectivity index (χ1n) is 6.82. The molecular formula is C14H18BrN3S. The van der Waals surface area contributed by atoms with Gasteiger partial charge in [-0.25, -0.2) is 4.98 Å². The second-order valence-electron chi connectivity index (χ2n) is 5.09. The lowest BCUT2D eigenvalue weighted by Gasteiger charge is -2.23. The molecule has 1 aliphatic rings. The van der Waals surface area contributed by atoms with Crippen LogP contribution < -0.4 is 5.32 Å². The summed E-state index contributed by atoms with van der Waals surface area (Å²) in [6.07, 6.45) is 10.6. The minimum Gasteiger partial charge on any atom is -0.353 e. The third kappa shape index (κ3) is 3.39. The van der Waals surface area contributed by atoms with Crippen LogP contribution in [0.25, 0.3) is 0 Å². The van der Waals surface area contributed by atoms with Crippen molar-refractivity contribution in [1.29, 1.82) is 0 Å². The first-order chi connectivity index (χ1) is 9.31. The summed E-state index contributed by atoms with van der Waals surface area (Å²) >= 11 is 5.28. The molecule has 0 atom stereocenters. The summed E-state index contributed by atoms with van der Waals surface area (Å²) in [5.74, 6) is 1.01. The first kappa shape index (κ1) is 13.2. The van der Waals surface area contributed by atoms with Gasteiger partial charge in [0.2, 0.25) is 5.95 Å². The van der Waals surface area contributed by atoms with E-state index in [9.17, 15) is 0 Å². The van der Waals surface area contributed by atoms with Crippen molar-refractivity contribution in [2.24, 2.45) is 0 Å². The maximum absolute atomic E-state index is 4.46. The van der Waals surface area contributed by atoms with Crippen LogP contribution in [0.5, 0.6) is 0 Å². The maximum Gasteiger partial charge on any atom is 0.203 e. The Kier molecular flexibility index (Phi) is 4.23. The zero-order chi connectivity index (χ0) is 13.1. The third-order valence-electron chi connectivity index (χ3n) is 3.60. The summed E-state index contributed by atoms with van der Waals surface area (Å²) in [5, 5.41) is 5.73. The number of hydrogen-bond acceptors (Lipinski definition) is 3. The molecule has 19 heavy (non-hydrogen) atoms. The maximum atomic E-state index is 4.46. The van der Waals surface area contributed by atoms with Crippen molar-refractivity contribution in [3.05, 3.63) is 33.2 Å². The lowest BCUT2D eigenvalue weighted by molar-refractivity contribution is 0.459. The largest absolute Gasteiger partial charge is 0.353 e. The Labute approximate surface area is 126 Å². The molecular weight excluding hydrogens is 322 g/mol. The van der Waals surface area contributed by atoms with Crippen LogP contribution in [0.15, 0.2) is 28.3 Å². The molecule has 0 saturated heterocycles. The molecule has 0 bridgehead atoms. The van der Waals surface area contributed by atoms with E-state index in [1.165, 1.54) is 37.0 Å². The Morgan fingerprint density at radius 2 is 2.21 bits per heavy atom. The molecule has 5 heteroatoms. The van der Waals surface area contributed by atoms with E-state index in [1.54, 1.807) is 11.3 Å². The van der Waals surface area contributed by atoms with Gasteiger partial charge >= 0.3 is 0 Å². The molecule has 0 unspecified atom stereocenters. The standard InChI is InChI=1S/C14H18BrN3S/c15-11-8-13(19-10-11)9-18-7-6-16-14(18)17-12-4-2-1-3-5-12/h6-8,10,12H,1-5,9H2,(H,16,17). The first-order valence-corrected chi connectivity index (χ1v) is 8.49. The van der Waals surface area contributed by atoms with Gasteiger partial charge in [0.15, 0.2) is 0 Å². The van der Waals surface area contributed by atoms with Gasteiger partial charge < -0.3 is 9.88 Å². The fourth-order valence-corrected chi connectivity index (χ4v) is 4.06. The predicted octanol–water partition coefficient (Wildman–Crippen LogP) is 4.50. The fourth-order valence-electron chi connectivity index (χ4n) is 2.61. The molecule has 1 fully saturated rings. The van der Waals surface area contributed by atoms with Gasteiger partial charge in [-0.3, -0.25) is 0 Å². The van der Waals surface area contributed by atoms with Crippen molar-refractivity contribution in [2.75, 3.05) is 5.32 Å². The summed E-state index contributed by atoms with van der Waals surface area (Å²) in [6, 6.07) is 2.78. The van der Waals surface area contributed by atoms with E-state index >= 15 is 0 Å². The zero-order valence-electron chi connectivity index (χ0n) is 10.8. The van der Waals surface area contributed by atoms with E-state index < -0.39 is 0 Å². The Bertz CT molecular complexity index is 528. The molecule has 0 amide bonds. The molecule has 102 valence electrons. The van der Waals surface area contributed by atoms with Crippen molar-refractivity contribution in [1.82, 2.24) is 9.55 Å². The number of anilines is 1. The number of nitrogens with zero attached hydrogens (tertiary/aromatic N) is 2. The molecule has 0 aromatic carbocycles. The topological polar surface area (TPSA) is 29.9 Å². The molecule has 2 aromatic heterocycles. The summed E-state index contributed by atoms with van der Waals surface area (Å²) in [6.45, 7) is 0.894. The van der Waals surface area contributed by atoms with Crippen molar-refractivity contribution >= 4 is 33.2 Å². The molecule has 1 aliphatic carbocycles. The number of hydrogen-bond donors (Lipinski definition) is 1. The monoisotopic (exact) mass is 339 g/mol. The average Bonchev–Trinajstić information content (AvgIpc) is 3.01. The lowest BCUT2D eigenvalue weighted by atomic mass is 9.96. The van der Waals surface area contributed by atoms with Crippen LogP contribution >= 0.6 is 27.3 Å². The van der Waals surface area contributed by atoms with Crippen LogP contribution in [0.2, 0.25) is 0 Å². The molecule has 2 heterocycles. The van der Waals surface area contributed by atoms with Gasteiger partial charge in [-0.2, -0.15) is 0 Å². The Morgan fingerprint density at radius 3 is 2.95 bits per heavy atom. The lowest BCUT2D eigenvalue weighted by Crippen LogP contribution is -2.24. The van der Waals surface area contributed by atoms with Crippen molar-refractivity contribution in [3.63, 3.8) is 0 Å². The van der Waals surface area contributed by atoms with Crippen LogP contribution in [0.1, 0.15) is 37.0 Å². The third-order valence-corrected chi connectivity index (χ3v) is 5.28. The summed E-state index contributed by atoms with van der Waals surface area (Å²) in [4.78, 5) is 5.80. The summed E-state index contributed by atoms with van der Waals surface area (Å²) in [5.41, 5.74) is 0. The van der Waals surface area contributed by atoms with Crippen LogP contribution in [0, 0.1) is 0 Å². The van der Waals surface area contributed by atoms with E-state index in [-0.39, 0.29) is 0 Å². The number of aromatic nitrogens is 2. The van der Waals surface area contributed by atoms with E-state index in [0.717, 1.165) is 17.0 Å². The molecule has 1 saturated carbocycles. The number of imidazole rings is 1. The number of rotatable bonds is 4. The van der Waals surface area contributed by atoms with E-state index in [0.29, 0.717) is 6.04 Å². The summed E-state index contributed by atoms with van der Waals surface area (Å²) < 4.78 is 3.36. The SMILES string of the molecule is Brc1csc(Cn2ccnc2NC2CCCCC2)c1. The quantitative estimate of drug-likeness (QED) is 0.888. The van der Waals surface area contributed by atoms with Crippen LogP contribution in [-0.4, -0.2) is 15.6 Å².